The van der Waals surface area contributed by atoms with Crippen molar-refractivity contribution in [3.8, 4) is 0 Å². The normalized spacial score (nSPS) is 13.8. The molecule has 2 N–H and O–H groups in total. The molecule has 0 unspecified atom stereocenters. The fraction of sp³-hybridized carbons (Fsp3) is 0.391. The molecule has 168 valence electrons. The van der Waals surface area contributed by atoms with Crippen LogP contribution in [0.15, 0.2) is 48.5 Å². The summed E-state index contributed by atoms with van der Waals surface area (Å²) in [6.45, 7) is 7.68. The first-order valence-corrected chi connectivity index (χ1v) is 9.78. The van der Waals surface area contributed by atoms with Gasteiger partial charge in [0.2, 0.25) is 0 Å². The molecule has 1 amide bonds. The lowest BCUT2D eigenvalue weighted by Gasteiger charge is -2.35. The van der Waals surface area contributed by atoms with E-state index in [1.807, 2.05) is 0 Å². The van der Waals surface area contributed by atoms with Crippen molar-refractivity contribution < 1.29 is 33.0 Å². The van der Waals surface area contributed by atoms with Crippen LogP contribution in [0.5, 0.6) is 0 Å². The number of carbonyl (C=O) groups is 2. The monoisotopic (exact) mass is 435 g/mol. The number of halogens is 2. The van der Waals surface area contributed by atoms with Gasteiger partial charge < -0.3 is 19.9 Å². The van der Waals surface area contributed by atoms with Gasteiger partial charge in [0, 0.05) is 11.1 Å². The molecular formula is C23H27F2NO5. The summed E-state index contributed by atoms with van der Waals surface area (Å²) in [6.07, 6.45) is -2.24. The molecule has 0 aliphatic heterocycles. The first-order valence-electron chi connectivity index (χ1n) is 9.78. The molecule has 8 heteroatoms. The third-order valence-electron chi connectivity index (χ3n) is 4.54. The molecule has 2 rings (SSSR count). The minimum Gasteiger partial charge on any atom is -0.457 e. The van der Waals surface area contributed by atoms with Crippen LogP contribution in [0.1, 0.15) is 45.7 Å². The second-order valence-electron chi connectivity index (χ2n) is 8.17. The van der Waals surface area contributed by atoms with Crippen LogP contribution in [0, 0.1) is 11.6 Å². The SMILES string of the molecule is C[C@H](NC(=O)OC(C)(C)C)C(=O)O[C@@H](C)C(O)(c1ccccc1F)c1ccccc1F. The highest BCUT2D eigenvalue weighted by atomic mass is 19.1. The molecule has 0 spiro atoms. The topological polar surface area (TPSA) is 84.9 Å². The summed E-state index contributed by atoms with van der Waals surface area (Å²) in [5, 5.41) is 13.8. The zero-order valence-electron chi connectivity index (χ0n) is 18.1. The molecule has 2 aromatic rings. The first-order chi connectivity index (χ1) is 14.4. The minimum atomic E-state index is -2.32. The summed E-state index contributed by atoms with van der Waals surface area (Å²) in [5.41, 5.74) is -3.60. The van der Waals surface area contributed by atoms with Crippen molar-refractivity contribution >= 4 is 12.1 Å². The van der Waals surface area contributed by atoms with Gasteiger partial charge in [0.15, 0.2) is 5.60 Å². The van der Waals surface area contributed by atoms with Crippen LogP contribution in [-0.2, 0) is 19.9 Å². The maximum Gasteiger partial charge on any atom is 0.408 e. The Kier molecular flexibility index (Phi) is 7.38. The maximum atomic E-state index is 14.6. The van der Waals surface area contributed by atoms with Crippen molar-refractivity contribution in [2.75, 3.05) is 0 Å². The van der Waals surface area contributed by atoms with Crippen LogP contribution in [0.25, 0.3) is 0 Å². The van der Waals surface area contributed by atoms with Gasteiger partial charge in [0.05, 0.1) is 0 Å². The Labute approximate surface area is 180 Å². The van der Waals surface area contributed by atoms with E-state index in [4.69, 9.17) is 9.47 Å². The lowest BCUT2D eigenvalue weighted by Crippen LogP contribution is -2.47. The summed E-state index contributed by atoms with van der Waals surface area (Å²) in [7, 11) is 0. The summed E-state index contributed by atoms with van der Waals surface area (Å²) in [4.78, 5) is 24.4. The molecule has 2 atom stereocenters. The summed E-state index contributed by atoms with van der Waals surface area (Å²) in [5.74, 6) is -2.50. The lowest BCUT2D eigenvalue weighted by molar-refractivity contribution is -0.162. The summed E-state index contributed by atoms with van der Waals surface area (Å²) >= 11 is 0. The molecule has 31 heavy (non-hydrogen) atoms. The Morgan fingerprint density at radius 1 is 0.935 bits per heavy atom. The highest BCUT2D eigenvalue weighted by Crippen LogP contribution is 2.37. The van der Waals surface area contributed by atoms with Crippen LogP contribution in [0.2, 0.25) is 0 Å². The van der Waals surface area contributed by atoms with Crippen LogP contribution < -0.4 is 5.32 Å². The Morgan fingerprint density at radius 3 is 1.81 bits per heavy atom. The van der Waals surface area contributed by atoms with Gasteiger partial charge in [-0.3, -0.25) is 0 Å². The molecule has 0 saturated carbocycles. The highest BCUT2D eigenvalue weighted by Gasteiger charge is 2.44. The van der Waals surface area contributed by atoms with E-state index >= 15 is 0 Å². The number of amides is 1. The molecule has 0 aliphatic rings. The van der Waals surface area contributed by atoms with Crippen molar-refractivity contribution in [2.45, 2.75) is 58.0 Å². The number of hydrogen-bond acceptors (Lipinski definition) is 5. The number of aliphatic hydroxyl groups is 1. The van der Waals surface area contributed by atoms with E-state index in [9.17, 15) is 23.5 Å². The Bertz CT molecular complexity index is 896. The van der Waals surface area contributed by atoms with E-state index in [0.29, 0.717) is 0 Å². The Balaban J connectivity index is 2.32. The first kappa shape index (κ1) is 24.3. The number of alkyl carbamates (subject to hydrolysis) is 1. The Hall–Kier alpha value is -3.00. The van der Waals surface area contributed by atoms with Gasteiger partial charge in [0.1, 0.15) is 29.4 Å². The average molecular weight is 435 g/mol. The second kappa shape index (κ2) is 9.43. The molecular weight excluding hydrogens is 408 g/mol. The van der Waals surface area contributed by atoms with Gasteiger partial charge in [-0.25, -0.2) is 18.4 Å². The van der Waals surface area contributed by atoms with E-state index in [-0.39, 0.29) is 11.1 Å². The molecule has 2 aromatic carbocycles. The van der Waals surface area contributed by atoms with E-state index < -0.39 is 47.0 Å². The van der Waals surface area contributed by atoms with Crippen LogP contribution in [0.3, 0.4) is 0 Å². The van der Waals surface area contributed by atoms with E-state index in [1.165, 1.54) is 50.2 Å². The maximum absolute atomic E-state index is 14.6. The van der Waals surface area contributed by atoms with Crippen molar-refractivity contribution in [3.63, 3.8) is 0 Å². The standard InChI is InChI=1S/C23H27F2NO5/c1-14(26-21(28)31-22(3,4)5)20(27)30-15(2)23(29,16-10-6-8-12-18(16)24)17-11-7-9-13-19(17)25/h6-15,29H,1-5H3,(H,26,28)/t14-,15-/m0/s1. The van der Waals surface area contributed by atoms with Crippen LogP contribution in [-0.4, -0.2) is 34.9 Å². The predicted molar refractivity (Wildman–Crippen MR) is 110 cm³/mol. The molecule has 0 aliphatic carbocycles. The van der Waals surface area contributed by atoms with E-state index in [1.54, 1.807) is 20.8 Å². The van der Waals surface area contributed by atoms with Crippen molar-refractivity contribution in [3.05, 3.63) is 71.3 Å². The fourth-order valence-electron chi connectivity index (χ4n) is 3.03. The molecule has 0 bridgehead atoms. The van der Waals surface area contributed by atoms with Gasteiger partial charge in [-0.05, 0) is 46.8 Å². The predicted octanol–water partition coefficient (Wildman–Crippen LogP) is 4.05. The zero-order chi connectivity index (χ0) is 23.4. The molecule has 0 saturated heterocycles. The van der Waals surface area contributed by atoms with Crippen molar-refractivity contribution in [1.82, 2.24) is 5.32 Å². The Morgan fingerprint density at radius 2 is 1.39 bits per heavy atom. The number of carbonyl (C=O) groups excluding carboxylic acids is 2. The molecule has 0 fully saturated rings. The molecule has 0 radical (unpaired) electrons. The van der Waals surface area contributed by atoms with Gasteiger partial charge in [-0.15, -0.1) is 0 Å². The van der Waals surface area contributed by atoms with E-state index in [0.717, 1.165) is 12.1 Å². The summed E-state index contributed by atoms with van der Waals surface area (Å²) < 4.78 is 39.6. The molecule has 6 nitrogen and oxygen atoms in total. The van der Waals surface area contributed by atoms with Gasteiger partial charge >= 0.3 is 12.1 Å². The molecule has 0 heterocycles. The van der Waals surface area contributed by atoms with E-state index in [2.05, 4.69) is 5.32 Å². The fourth-order valence-corrected chi connectivity index (χ4v) is 3.03. The van der Waals surface area contributed by atoms with Crippen LogP contribution in [0.4, 0.5) is 13.6 Å². The molecule has 0 aromatic heterocycles. The number of nitrogens with one attached hydrogen (secondary N) is 1. The van der Waals surface area contributed by atoms with Crippen molar-refractivity contribution in [1.29, 1.82) is 0 Å². The van der Waals surface area contributed by atoms with Gasteiger partial charge in [0.25, 0.3) is 0 Å². The third kappa shape index (κ3) is 5.79. The van der Waals surface area contributed by atoms with Crippen molar-refractivity contribution in [2.24, 2.45) is 0 Å². The number of hydrogen-bond donors (Lipinski definition) is 2. The number of ether oxygens (including phenoxy) is 2. The number of rotatable bonds is 6. The number of esters is 1. The minimum absolute atomic E-state index is 0.256. The van der Waals surface area contributed by atoms with Crippen LogP contribution >= 0.6 is 0 Å². The average Bonchev–Trinajstić information content (AvgIpc) is 2.66. The van der Waals surface area contributed by atoms with Gasteiger partial charge in [-0.2, -0.15) is 0 Å². The smallest absolute Gasteiger partial charge is 0.408 e. The largest absolute Gasteiger partial charge is 0.457 e. The van der Waals surface area contributed by atoms with Gasteiger partial charge in [-0.1, -0.05) is 36.4 Å². The zero-order valence-corrected chi connectivity index (χ0v) is 18.1. The highest BCUT2D eigenvalue weighted by molar-refractivity contribution is 5.81. The quantitative estimate of drug-likeness (QED) is 0.669. The third-order valence-corrected chi connectivity index (χ3v) is 4.54. The number of benzene rings is 2. The second-order valence-corrected chi connectivity index (χ2v) is 8.17. The lowest BCUT2D eigenvalue weighted by atomic mass is 9.81. The summed E-state index contributed by atoms with van der Waals surface area (Å²) in [6, 6.07) is 9.46.